The quantitative estimate of drug-likeness (QED) is 0.403. The van der Waals surface area contributed by atoms with Crippen LogP contribution in [0.5, 0.6) is 5.75 Å². The van der Waals surface area contributed by atoms with Gasteiger partial charge < -0.3 is 20.2 Å². The molecule has 1 saturated heterocycles. The molecule has 1 amide bonds. The molecule has 3 rings (SSSR count). The molecule has 0 spiro atoms. The molecule has 7 heteroatoms. The average Bonchev–Trinajstić information content (AvgIpc) is 2.88. The van der Waals surface area contributed by atoms with Crippen molar-refractivity contribution in [2.45, 2.75) is 6.04 Å². The van der Waals surface area contributed by atoms with Gasteiger partial charge in [0.25, 0.3) is 11.7 Å². The van der Waals surface area contributed by atoms with Gasteiger partial charge in [0.1, 0.15) is 11.5 Å². The number of aliphatic hydroxyl groups is 2. The lowest BCUT2D eigenvalue weighted by Crippen LogP contribution is -2.32. The zero-order chi connectivity index (χ0) is 18.8. The Morgan fingerprint density at radius 3 is 2.23 bits per heavy atom. The number of carbonyl (C=O) groups is 2. The van der Waals surface area contributed by atoms with Gasteiger partial charge >= 0.3 is 0 Å². The molecule has 2 aromatic rings. The number of Topliss-reactive ketones (excluding diaryl/α,β-unsaturated/α-hetero) is 1. The number of benzene rings is 2. The Morgan fingerprint density at radius 2 is 1.65 bits per heavy atom. The summed E-state index contributed by atoms with van der Waals surface area (Å²) in [7, 11) is 0. The van der Waals surface area contributed by atoms with Gasteiger partial charge in [-0.15, -0.1) is 0 Å². The van der Waals surface area contributed by atoms with Crippen molar-refractivity contribution in [2.75, 3.05) is 13.2 Å². The maximum absolute atomic E-state index is 12.6. The Kier molecular flexibility index (Phi) is 5.11. The number of β-amino-alcohol motifs (C(OH)–C–C–N with tert-alkyl or cyclic N) is 1. The van der Waals surface area contributed by atoms with E-state index in [9.17, 15) is 24.9 Å². The standard InChI is InChI=1S/C19H16BrNO5/c20-13-5-1-12(2-6-13)17(24)15-16(11-3-7-14(23)8-4-11)21(9-10-22)19(26)18(15)25/h1-8,16,22-24H,9-10H2/b17-15-. The third-order valence-electron chi connectivity index (χ3n) is 4.21. The molecule has 3 N–H and O–H groups in total. The minimum absolute atomic E-state index is 0.0424. The number of hydrogen-bond acceptors (Lipinski definition) is 5. The first kappa shape index (κ1) is 18.2. The number of hydrogen-bond donors (Lipinski definition) is 3. The van der Waals surface area contributed by atoms with Gasteiger partial charge in [-0.05, 0) is 29.8 Å². The monoisotopic (exact) mass is 417 g/mol. The number of phenols is 1. The number of halogens is 1. The Balaban J connectivity index is 2.17. The van der Waals surface area contributed by atoms with Crippen LogP contribution in [0, 0.1) is 0 Å². The van der Waals surface area contributed by atoms with E-state index < -0.39 is 17.7 Å². The number of likely N-dealkylation sites (tertiary alicyclic amines) is 1. The molecule has 0 radical (unpaired) electrons. The highest BCUT2D eigenvalue weighted by Gasteiger charge is 2.45. The summed E-state index contributed by atoms with van der Waals surface area (Å²) in [6.07, 6.45) is 0. The zero-order valence-corrected chi connectivity index (χ0v) is 15.2. The van der Waals surface area contributed by atoms with Crippen molar-refractivity contribution in [3.63, 3.8) is 0 Å². The molecular weight excluding hydrogens is 402 g/mol. The lowest BCUT2D eigenvalue weighted by Gasteiger charge is -2.24. The number of carbonyl (C=O) groups excluding carboxylic acids is 2. The van der Waals surface area contributed by atoms with Crippen molar-refractivity contribution < 1.29 is 24.9 Å². The van der Waals surface area contributed by atoms with Crippen molar-refractivity contribution in [3.05, 3.63) is 69.7 Å². The van der Waals surface area contributed by atoms with Crippen molar-refractivity contribution in [1.29, 1.82) is 0 Å². The van der Waals surface area contributed by atoms with Crippen LogP contribution in [0.25, 0.3) is 5.76 Å². The summed E-state index contributed by atoms with van der Waals surface area (Å²) in [5.74, 6) is -1.83. The Morgan fingerprint density at radius 1 is 1.04 bits per heavy atom. The van der Waals surface area contributed by atoms with Crippen LogP contribution in [-0.2, 0) is 9.59 Å². The Labute approximate surface area is 158 Å². The van der Waals surface area contributed by atoms with E-state index in [1.165, 1.54) is 17.0 Å². The number of nitrogens with zero attached hydrogens (tertiary/aromatic N) is 1. The molecule has 0 aromatic heterocycles. The number of ketones is 1. The molecular formula is C19H16BrNO5. The van der Waals surface area contributed by atoms with Gasteiger partial charge in [-0.2, -0.15) is 0 Å². The topological polar surface area (TPSA) is 98.1 Å². The molecule has 6 nitrogen and oxygen atoms in total. The third-order valence-corrected chi connectivity index (χ3v) is 4.74. The first-order chi connectivity index (χ1) is 12.4. The summed E-state index contributed by atoms with van der Waals surface area (Å²) < 4.78 is 0.810. The normalized spacial score (nSPS) is 19.2. The third kappa shape index (κ3) is 3.23. The highest BCUT2D eigenvalue weighted by Crippen LogP contribution is 2.39. The largest absolute Gasteiger partial charge is 0.508 e. The van der Waals surface area contributed by atoms with Crippen LogP contribution in [0.15, 0.2) is 58.6 Å². The molecule has 1 atom stereocenters. The molecule has 0 bridgehead atoms. The number of phenolic OH excluding ortho intramolecular Hbond substituents is 1. The minimum atomic E-state index is -0.841. The van der Waals surface area contributed by atoms with E-state index in [2.05, 4.69) is 15.9 Å². The van der Waals surface area contributed by atoms with Crippen molar-refractivity contribution in [1.82, 2.24) is 4.90 Å². The molecule has 1 fully saturated rings. The van der Waals surface area contributed by atoms with Crippen LogP contribution in [0.2, 0.25) is 0 Å². The van der Waals surface area contributed by atoms with E-state index in [1.807, 2.05) is 0 Å². The number of rotatable bonds is 4. The second-order valence-electron chi connectivity index (χ2n) is 5.81. The molecule has 2 aromatic carbocycles. The van der Waals surface area contributed by atoms with E-state index in [4.69, 9.17) is 0 Å². The Hall–Kier alpha value is -2.64. The number of amides is 1. The van der Waals surface area contributed by atoms with Crippen molar-refractivity contribution in [3.8, 4) is 5.75 Å². The van der Waals surface area contributed by atoms with Gasteiger partial charge in [-0.1, -0.05) is 40.2 Å². The van der Waals surface area contributed by atoms with E-state index >= 15 is 0 Å². The van der Waals surface area contributed by atoms with E-state index in [0.717, 1.165) is 4.47 Å². The molecule has 134 valence electrons. The molecule has 1 heterocycles. The van der Waals surface area contributed by atoms with Crippen LogP contribution >= 0.6 is 15.9 Å². The first-order valence-corrected chi connectivity index (χ1v) is 8.67. The molecule has 1 unspecified atom stereocenters. The summed E-state index contributed by atoms with van der Waals surface area (Å²) >= 11 is 3.31. The number of aliphatic hydroxyl groups excluding tert-OH is 2. The van der Waals surface area contributed by atoms with E-state index in [0.29, 0.717) is 11.1 Å². The molecule has 0 aliphatic carbocycles. The minimum Gasteiger partial charge on any atom is -0.508 e. The maximum Gasteiger partial charge on any atom is 0.295 e. The second kappa shape index (κ2) is 7.31. The molecule has 0 saturated carbocycles. The van der Waals surface area contributed by atoms with Gasteiger partial charge in [0, 0.05) is 16.6 Å². The fraction of sp³-hybridized carbons (Fsp3) is 0.158. The van der Waals surface area contributed by atoms with Crippen LogP contribution in [-0.4, -0.2) is 45.1 Å². The molecule has 1 aliphatic rings. The Bertz CT molecular complexity index is 874. The smallest absolute Gasteiger partial charge is 0.295 e. The van der Waals surface area contributed by atoms with Crippen LogP contribution < -0.4 is 0 Å². The van der Waals surface area contributed by atoms with Gasteiger partial charge in [0.2, 0.25) is 0 Å². The predicted octanol–water partition coefficient (Wildman–Crippen LogP) is 2.57. The predicted molar refractivity (Wildman–Crippen MR) is 98.3 cm³/mol. The second-order valence-corrected chi connectivity index (χ2v) is 6.73. The van der Waals surface area contributed by atoms with Crippen LogP contribution in [0.1, 0.15) is 17.2 Å². The van der Waals surface area contributed by atoms with Crippen molar-refractivity contribution in [2.24, 2.45) is 0 Å². The van der Waals surface area contributed by atoms with E-state index in [1.54, 1.807) is 36.4 Å². The fourth-order valence-electron chi connectivity index (χ4n) is 2.98. The lowest BCUT2D eigenvalue weighted by atomic mass is 9.95. The van der Waals surface area contributed by atoms with Gasteiger partial charge in [-0.25, -0.2) is 0 Å². The first-order valence-electron chi connectivity index (χ1n) is 7.88. The molecule has 1 aliphatic heterocycles. The van der Waals surface area contributed by atoms with Crippen LogP contribution in [0.3, 0.4) is 0 Å². The van der Waals surface area contributed by atoms with Crippen LogP contribution in [0.4, 0.5) is 0 Å². The maximum atomic E-state index is 12.6. The highest BCUT2D eigenvalue weighted by molar-refractivity contribution is 9.10. The summed E-state index contributed by atoms with van der Waals surface area (Å²) in [5.41, 5.74) is 0.907. The highest BCUT2D eigenvalue weighted by atomic mass is 79.9. The van der Waals surface area contributed by atoms with E-state index in [-0.39, 0.29) is 30.2 Å². The van der Waals surface area contributed by atoms with Crippen molar-refractivity contribution >= 4 is 33.4 Å². The SMILES string of the molecule is O=C1C(=O)N(CCO)C(c2ccc(O)cc2)/C1=C(/O)c1ccc(Br)cc1. The lowest BCUT2D eigenvalue weighted by molar-refractivity contribution is -0.140. The summed E-state index contributed by atoms with van der Waals surface area (Å²) in [5, 5.41) is 29.5. The summed E-state index contributed by atoms with van der Waals surface area (Å²) in [4.78, 5) is 26.2. The van der Waals surface area contributed by atoms with Gasteiger partial charge in [-0.3, -0.25) is 9.59 Å². The zero-order valence-electron chi connectivity index (χ0n) is 13.6. The summed E-state index contributed by atoms with van der Waals surface area (Å²) in [6.45, 7) is -0.368. The average molecular weight is 418 g/mol. The summed E-state index contributed by atoms with van der Waals surface area (Å²) in [6, 6.07) is 11.9. The van der Waals surface area contributed by atoms with Gasteiger partial charge in [0.15, 0.2) is 0 Å². The molecule has 26 heavy (non-hydrogen) atoms. The number of aromatic hydroxyl groups is 1. The fourth-order valence-corrected chi connectivity index (χ4v) is 3.25. The van der Waals surface area contributed by atoms with Gasteiger partial charge in [0.05, 0.1) is 18.2 Å².